The first-order valence-electron chi connectivity index (χ1n) is 13.5. The molecule has 0 bridgehead atoms. The molecule has 212 valence electrons. The minimum absolute atomic E-state index is 0.0299. The molecule has 0 radical (unpaired) electrons. The van der Waals surface area contributed by atoms with Crippen LogP contribution in [0.5, 0.6) is 5.75 Å². The Kier molecular flexibility index (Phi) is 9.19. The van der Waals surface area contributed by atoms with Gasteiger partial charge in [0.2, 0.25) is 11.8 Å². The lowest BCUT2D eigenvalue weighted by molar-refractivity contribution is -0.147. The molecule has 9 heteroatoms. The Morgan fingerprint density at radius 2 is 1.92 bits per heavy atom. The van der Waals surface area contributed by atoms with Crippen molar-refractivity contribution >= 4 is 40.3 Å². The van der Waals surface area contributed by atoms with Crippen LogP contribution in [0.15, 0.2) is 36.4 Å². The van der Waals surface area contributed by atoms with E-state index in [4.69, 9.17) is 16.3 Å². The standard InChI is InChI=1S/C30H38ClFN2O4S/c1-18-6-11-22(16-27(18)38-5)33-28(35)15-21-10-13-25(20-9-12-23(31)24(32)14-20)34(29(21)36)26(19-7-8-19)17-39(37)30(2,3)4/h6,9,11-12,14,16,19,21,25-26H,7-8,10,13,15,17H2,1-5H3,(H,33,35). The third kappa shape index (κ3) is 7.08. The molecular weight excluding hydrogens is 539 g/mol. The van der Waals surface area contributed by atoms with Crippen molar-refractivity contribution in [2.24, 2.45) is 11.8 Å². The van der Waals surface area contributed by atoms with Gasteiger partial charge in [0.1, 0.15) is 22.1 Å². The summed E-state index contributed by atoms with van der Waals surface area (Å²) in [5, 5.41) is 2.93. The maximum atomic E-state index is 14.5. The van der Waals surface area contributed by atoms with Crippen molar-refractivity contribution in [3.63, 3.8) is 0 Å². The Balaban J connectivity index is 1.59. The van der Waals surface area contributed by atoms with Gasteiger partial charge in [0.05, 0.1) is 24.2 Å². The van der Waals surface area contributed by atoms with Gasteiger partial charge in [-0.15, -0.1) is 0 Å². The highest BCUT2D eigenvalue weighted by molar-refractivity contribution is 7.92. The van der Waals surface area contributed by atoms with E-state index in [0.717, 1.165) is 18.4 Å². The lowest BCUT2D eigenvalue weighted by atomic mass is 9.84. The van der Waals surface area contributed by atoms with Crippen LogP contribution in [0.25, 0.3) is 0 Å². The van der Waals surface area contributed by atoms with Gasteiger partial charge in [-0.25, -0.2) is 4.39 Å². The molecule has 1 saturated heterocycles. The van der Waals surface area contributed by atoms with Crippen molar-refractivity contribution in [2.75, 3.05) is 18.2 Å². The van der Waals surface area contributed by atoms with Crippen molar-refractivity contribution in [1.29, 1.82) is 0 Å². The number of nitrogens with one attached hydrogen (secondary N) is 1. The molecule has 2 aromatic rings. The number of carbonyl (C=O) groups excluding carboxylic acids is 2. The van der Waals surface area contributed by atoms with Gasteiger partial charge in [-0.1, -0.05) is 23.7 Å². The van der Waals surface area contributed by atoms with Crippen LogP contribution in [-0.2, 0) is 20.8 Å². The lowest BCUT2D eigenvalue weighted by Gasteiger charge is -2.45. The zero-order valence-corrected chi connectivity index (χ0v) is 24.8. The first-order chi connectivity index (χ1) is 18.4. The zero-order valence-electron chi connectivity index (χ0n) is 23.3. The topological polar surface area (TPSA) is 81.7 Å². The number of anilines is 1. The van der Waals surface area contributed by atoms with Crippen LogP contribution in [0.4, 0.5) is 10.1 Å². The number of hydrogen-bond acceptors (Lipinski definition) is 4. The molecule has 2 aromatic carbocycles. The van der Waals surface area contributed by atoms with E-state index < -0.39 is 27.7 Å². The van der Waals surface area contributed by atoms with Crippen molar-refractivity contribution in [3.8, 4) is 5.75 Å². The quantitative estimate of drug-likeness (QED) is 0.349. The van der Waals surface area contributed by atoms with Crippen LogP contribution >= 0.6 is 11.6 Å². The van der Waals surface area contributed by atoms with Gasteiger partial charge in [-0.05, 0) is 99.8 Å². The van der Waals surface area contributed by atoms with Gasteiger partial charge >= 0.3 is 0 Å². The number of ether oxygens (including phenoxy) is 1. The summed E-state index contributed by atoms with van der Waals surface area (Å²) >= 11 is 4.78. The second kappa shape index (κ2) is 12.1. The normalized spacial score (nSPS) is 21.4. The maximum Gasteiger partial charge on any atom is 0.227 e. The summed E-state index contributed by atoms with van der Waals surface area (Å²) in [5.74, 6) is -0.170. The molecule has 2 aliphatic rings. The van der Waals surface area contributed by atoms with E-state index in [0.29, 0.717) is 35.6 Å². The summed E-state index contributed by atoms with van der Waals surface area (Å²) < 4.78 is 32.7. The smallest absolute Gasteiger partial charge is 0.227 e. The van der Waals surface area contributed by atoms with Gasteiger partial charge in [-0.3, -0.25) is 9.59 Å². The zero-order chi connectivity index (χ0) is 28.5. The summed E-state index contributed by atoms with van der Waals surface area (Å²) in [6.45, 7) is 7.73. The van der Waals surface area contributed by atoms with Crippen LogP contribution in [0.3, 0.4) is 0 Å². The average Bonchev–Trinajstić information content (AvgIpc) is 3.71. The Morgan fingerprint density at radius 3 is 2.54 bits per heavy atom. The van der Waals surface area contributed by atoms with Crippen LogP contribution in [0, 0.1) is 24.6 Å². The SMILES string of the molecule is COc1cc(NC(=O)CC2CCC(c3ccc(Cl)c(F)c3)N(C(C[S+]([O-])C(C)(C)C)C3CC3)C2=O)ccc1C. The number of carbonyl (C=O) groups is 2. The highest BCUT2D eigenvalue weighted by atomic mass is 35.5. The number of methoxy groups -OCH3 is 1. The highest BCUT2D eigenvalue weighted by Gasteiger charge is 2.48. The summed E-state index contributed by atoms with van der Waals surface area (Å²) in [5.41, 5.74) is 2.23. The predicted octanol–water partition coefficient (Wildman–Crippen LogP) is 6.43. The van der Waals surface area contributed by atoms with Crippen molar-refractivity contribution in [3.05, 3.63) is 58.4 Å². The van der Waals surface area contributed by atoms with Crippen LogP contribution in [0.1, 0.15) is 70.0 Å². The van der Waals surface area contributed by atoms with E-state index in [-0.39, 0.29) is 41.3 Å². The summed E-state index contributed by atoms with van der Waals surface area (Å²) in [7, 11) is 1.58. The molecule has 2 fully saturated rings. The molecule has 1 heterocycles. The molecule has 1 saturated carbocycles. The molecule has 0 aromatic heterocycles. The summed E-state index contributed by atoms with van der Waals surface area (Å²) in [6, 6.07) is 9.51. The maximum absolute atomic E-state index is 14.5. The van der Waals surface area contributed by atoms with Crippen molar-refractivity contribution < 1.29 is 23.3 Å². The minimum atomic E-state index is -1.18. The van der Waals surface area contributed by atoms with E-state index in [9.17, 15) is 18.5 Å². The number of nitrogens with zero attached hydrogens (tertiary/aromatic N) is 1. The molecule has 2 amide bonds. The Hall–Kier alpha value is -2.29. The van der Waals surface area contributed by atoms with E-state index in [1.807, 2.05) is 38.7 Å². The number of likely N-dealkylation sites (tertiary alicyclic amines) is 1. The molecule has 39 heavy (non-hydrogen) atoms. The molecule has 4 rings (SSSR count). The number of aryl methyl sites for hydroxylation is 1. The van der Waals surface area contributed by atoms with Crippen LogP contribution in [-0.4, -0.2) is 44.9 Å². The Labute approximate surface area is 238 Å². The Morgan fingerprint density at radius 1 is 1.21 bits per heavy atom. The number of amides is 2. The number of halogens is 2. The average molecular weight is 577 g/mol. The van der Waals surface area contributed by atoms with Crippen LogP contribution < -0.4 is 10.1 Å². The summed E-state index contributed by atoms with van der Waals surface area (Å²) in [6.07, 6.45) is 3.02. The Bertz CT molecular complexity index is 1220. The van der Waals surface area contributed by atoms with E-state index in [2.05, 4.69) is 5.32 Å². The summed E-state index contributed by atoms with van der Waals surface area (Å²) in [4.78, 5) is 29.0. The molecule has 1 aliphatic heterocycles. The fourth-order valence-electron chi connectivity index (χ4n) is 5.28. The van der Waals surface area contributed by atoms with E-state index in [1.165, 1.54) is 12.1 Å². The molecule has 4 unspecified atom stereocenters. The third-order valence-corrected chi connectivity index (χ3v) is 10.0. The molecular formula is C30H38ClFN2O4S. The van der Waals surface area contributed by atoms with E-state index in [1.54, 1.807) is 25.3 Å². The first kappa shape index (κ1) is 29.7. The fraction of sp³-hybridized carbons (Fsp3) is 0.533. The third-order valence-electron chi connectivity index (χ3n) is 7.71. The number of rotatable bonds is 9. The number of piperidine rings is 1. The van der Waals surface area contributed by atoms with Gasteiger partial charge in [0, 0.05) is 24.1 Å². The van der Waals surface area contributed by atoms with Crippen LogP contribution in [0.2, 0.25) is 5.02 Å². The fourth-order valence-corrected chi connectivity index (χ4v) is 6.64. The van der Waals surface area contributed by atoms with Gasteiger partial charge in [-0.2, -0.15) is 0 Å². The molecule has 1 aliphatic carbocycles. The van der Waals surface area contributed by atoms with Crippen molar-refractivity contribution in [2.45, 2.75) is 76.6 Å². The van der Waals surface area contributed by atoms with Crippen molar-refractivity contribution in [1.82, 2.24) is 4.90 Å². The number of hydrogen-bond donors (Lipinski definition) is 1. The molecule has 6 nitrogen and oxygen atoms in total. The second-order valence-electron chi connectivity index (χ2n) is 11.7. The first-order valence-corrected chi connectivity index (χ1v) is 15.2. The second-order valence-corrected chi connectivity index (χ2v) is 14.3. The molecule has 1 N–H and O–H groups in total. The lowest BCUT2D eigenvalue weighted by Crippen LogP contribution is -2.53. The monoisotopic (exact) mass is 576 g/mol. The molecule has 4 atom stereocenters. The van der Waals surface area contributed by atoms with E-state index >= 15 is 0 Å². The number of benzene rings is 2. The highest BCUT2D eigenvalue weighted by Crippen LogP contribution is 2.45. The van der Waals surface area contributed by atoms with Gasteiger partial charge in [0.15, 0.2) is 0 Å². The largest absolute Gasteiger partial charge is 0.616 e. The molecule has 0 spiro atoms. The minimum Gasteiger partial charge on any atom is -0.616 e. The van der Waals surface area contributed by atoms with Gasteiger partial charge in [0.25, 0.3) is 0 Å². The van der Waals surface area contributed by atoms with Gasteiger partial charge < -0.3 is 19.5 Å². The predicted molar refractivity (Wildman–Crippen MR) is 154 cm³/mol.